The highest BCUT2D eigenvalue weighted by molar-refractivity contribution is 9.11. The summed E-state index contributed by atoms with van der Waals surface area (Å²) in [6.45, 7) is 0. The zero-order chi connectivity index (χ0) is 20.5. The van der Waals surface area contributed by atoms with E-state index in [2.05, 4.69) is 37.2 Å². The van der Waals surface area contributed by atoms with Gasteiger partial charge >= 0.3 is 0 Å². The first kappa shape index (κ1) is 20.9. The monoisotopic (exact) mass is 543 g/mol. The van der Waals surface area contributed by atoms with Gasteiger partial charge in [-0.3, -0.25) is 4.79 Å². The van der Waals surface area contributed by atoms with E-state index in [4.69, 9.17) is 11.6 Å². The molecule has 3 aromatic rings. The van der Waals surface area contributed by atoms with Crippen molar-refractivity contribution in [3.05, 3.63) is 80.2 Å². The summed E-state index contributed by atoms with van der Waals surface area (Å²) < 4.78 is 26.5. The maximum Gasteiger partial charge on any atom is 0.259 e. The van der Waals surface area contributed by atoms with Crippen LogP contribution in [0.4, 0.5) is 5.69 Å². The maximum atomic E-state index is 12.8. The van der Waals surface area contributed by atoms with Crippen LogP contribution in [-0.4, -0.2) is 19.4 Å². The molecule has 0 atom stereocenters. The van der Waals surface area contributed by atoms with Gasteiger partial charge in [0.25, 0.3) is 5.91 Å². The van der Waals surface area contributed by atoms with Gasteiger partial charge in [-0.05, 0) is 70.5 Å². The van der Waals surface area contributed by atoms with Crippen molar-refractivity contribution in [2.24, 2.45) is 0 Å². The minimum Gasteiger partial charge on any atom is -0.506 e. The number of nitrogens with one attached hydrogen (secondary N) is 1. The van der Waals surface area contributed by atoms with E-state index in [1.165, 1.54) is 48.5 Å². The normalized spacial score (nSPS) is 11.2. The van der Waals surface area contributed by atoms with Gasteiger partial charge in [-0.15, -0.1) is 0 Å². The number of aromatic hydroxyl groups is 1. The molecule has 0 aliphatic carbocycles. The van der Waals surface area contributed by atoms with Crippen LogP contribution in [0.15, 0.2) is 79.4 Å². The van der Waals surface area contributed by atoms with Crippen LogP contribution in [-0.2, 0) is 9.84 Å². The molecule has 28 heavy (non-hydrogen) atoms. The molecule has 0 radical (unpaired) electrons. The predicted octanol–water partition coefficient (Wildman–Crippen LogP) is 5.66. The number of hydrogen-bond acceptors (Lipinski definition) is 4. The Morgan fingerprint density at radius 1 is 0.964 bits per heavy atom. The zero-order valence-corrected chi connectivity index (χ0v) is 18.7. The molecule has 9 heteroatoms. The van der Waals surface area contributed by atoms with Gasteiger partial charge < -0.3 is 10.4 Å². The van der Waals surface area contributed by atoms with E-state index < -0.39 is 15.7 Å². The lowest BCUT2D eigenvalue weighted by molar-refractivity contribution is 0.102. The first-order chi connectivity index (χ1) is 13.2. The van der Waals surface area contributed by atoms with Crippen molar-refractivity contribution in [3.8, 4) is 5.75 Å². The van der Waals surface area contributed by atoms with Crippen molar-refractivity contribution in [1.29, 1.82) is 0 Å². The fourth-order valence-electron chi connectivity index (χ4n) is 2.43. The molecule has 0 saturated carbocycles. The molecule has 3 rings (SSSR count). The summed E-state index contributed by atoms with van der Waals surface area (Å²) in [6, 6.07) is 14.8. The lowest BCUT2D eigenvalue weighted by atomic mass is 10.2. The van der Waals surface area contributed by atoms with Crippen LogP contribution in [0.3, 0.4) is 0 Å². The van der Waals surface area contributed by atoms with Crippen LogP contribution in [0.1, 0.15) is 10.4 Å². The van der Waals surface area contributed by atoms with Crippen molar-refractivity contribution >= 4 is 64.9 Å². The number of phenolic OH excluding ortho intramolecular Hbond substituents is 1. The van der Waals surface area contributed by atoms with Gasteiger partial charge in [0.1, 0.15) is 5.75 Å². The molecule has 0 fully saturated rings. The highest BCUT2D eigenvalue weighted by Gasteiger charge is 2.19. The summed E-state index contributed by atoms with van der Waals surface area (Å²) in [4.78, 5) is 12.6. The molecule has 3 aromatic carbocycles. The average Bonchev–Trinajstić information content (AvgIpc) is 2.65. The van der Waals surface area contributed by atoms with Crippen molar-refractivity contribution in [3.63, 3.8) is 0 Å². The summed E-state index contributed by atoms with van der Waals surface area (Å²) in [5.41, 5.74) is 0.308. The summed E-state index contributed by atoms with van der Waals surface area (Å²) >= 11 is 12.2. The second kappa shape index (κ2) is 8.24. The summed E-state index contributed by atoms with van der Waals surface area (Å²) in [5, 5.41) is 13.1. The minimum atomic E-state index is -3.77. The average molecular weight is 546 g/mol. The smallest absolute Gasteiger partial charge is 0.259 e. The fourth-order valence-corrected chi connectivity index (χ4v) is 5.09. The Balaban J connectivity index is 1.92. The third kappa shape index (κ3) is 4.41. The van der Waals surface area contributed by atoms with Crippen molar-refractivity contribution in [1.82, 2.24) is 0 Å². The number of hydrogen-bond donors (Lipinski definition) is 2. The van der Waals surface area contributed by atoms with Crippen LogP contribution < -0.4 is 5.32 Å². The quantitative estimate of drug-likeness (QED) is 0.444. The SMILES string of the molecule is O=C(Nc1cccc(S(=O)(=O)c2ccc(Cl)cc2)c1)c1cc(Br)cc(Br)c1O. The Hall–Kier alpha value is -1.87. The number of phenols is 1. The van der Waals surface area contributed by atoms with Gasteiger partial charge in [0.15, 0.2) is 0 Å². The summed E-state index contributed by atoms with van der Waals surface area (Å²) in [7, 11) is -3.77. The molecule has 0 aliphatic rings. The molecule has 1 amide bonds. The molecule has 0 bridgehead atoms. The van der Waals surface area contributed by atoms with E-state index in [1.54, 1.807) is 12.1 Å². The van der Waals surface area contributed by atoms with E-state index in [1.807, 2.05) is 0 Å². The van der Waals surface area contributed by atoms with Gasteiger partial charge in [0, 0.05) is 15.2 Å². The first-order valence-electron chi connectivity index (χ1n) is 7.78. The number of carbonyl (C=O) groups excluding carboxylic acids is 1. The molecule has 0 saturated heterocycles. The van der Waals surface area contributed by atoms with Gasteiger partial charge in [-0.1, -0.05) is 33.6 Å². The largest absolute Gasteiger partial charge is 0.506 e. The van der Waals surface area contributed by atoms with Crippen molar-refractivity contribution < 1.29 is 18.3 Å². The molecule has 0 unspecified atom stereocenters. The Bertz CT molecular complexity index is 1170. The third-order valence-corrected chi connectivity index (χ3v) is 6.88. The third-order valence-electron chi connectivity index (χ3n) is 3.80. The lowest BCUT2D eigenvalue weighted by Gasteiger charge is -2.10. The van der Waals surface area contributed by atoms with E-state index in [-0.39, 0.29) is 26.8 Å². The highest BCUT2D eigenvalue weighted by atomic mass is 79.9. The van der Waals surface area contributed by atoms with Gasteiger partial charge in [-0.2, -0.15) is 0 Å². The van der Waals surface area contributed by atoms with E-state index >= 15 is 0 Å². The molecular formula is C19H12Br2ClNO4S. The van der Waals surface area contributed by atoms with Gasteiger partial charge in [-0.25, -0.2) is 8.42 Å². The highest BCUT2D eigenvalue weighted by Crippen LogP contribution is 2.32. The number of halogens is 3. The van der Waals surface area contributed by atoms with E-state index in [0.717, 1.165) is 0 Å². The standard InChI is InChI=1S/C19H12Br2ClNO4S/c20-11-8-16(18(24)17(21)9-11)19(25)23-13-2-1-3-15(10-13)28(26,27)14-6-4-12(22)5-7-14/h1-10,24H,(H,23,25). The van der Waals surface area contributed by atoms with Crippen molar-refractivity contribution in [2.45, 2.75) is 9.79 Å². The molecule has 0 spiro atoms. The number of rotatable bonds is 4. The minimum absolute atomic E-state index is 0.0206. The van der Waals surface area contributed by atoms with E-state index in [9.17, 15) is 18.3 Å². The Morgan fingerprint density at radius 3 is 2.32 bits per heavy atom. The molecule has 144 valence electrons. The van der Waals surface area contributed by atoms with Crippen molar-refractivity contribution in [2.75, 3.05) is 5.32 Å². The Kier molecular flexibility index (Phi) is 6.14. The number of amides is 1. The number of sulfone groups is 1. The van der Waals surface area contributed by atoms with Gasteiger partial charge in [0.05, 0.1) is 19.8 Å². The second-order valence-corrected chi connectivity index (χ2v) is 9.88. The molecule has 0 aromatic heterocycles. The Labute approximate surface area is 183 Å². The molecule has 2 N–H and O–H groups in total. The van der Waals surface area contributed by atoms with Crippen LogP contribution >= 0.6 is 43.5 Å². The fraction of sp³-hybridized carbons (Fsp3) is 0. The predicted molar refractivity (Wildman–Crippen MR) is 115 cm³/mol. The van der Waals surface area contributed by atoms with Gasteiger partial charge in [0.2, 0.25) is 9.84 Å². The number of benzene rings is 3. The second-order valence-electron chi connectivity index (χ2n) is 5.72. The summed E-state index contributed by atoms with van der Waals surface area (Å²) in [5.74, 6) is -0.800. The van der Waals surface area contributed by atoms with E-state index in [0.29, 0.717) is 14.0 Å². The maximum absolute atomic E-state index is 12.8. The molecule has 0 aliphatic heterocycles. The Morgan fingerprint density at radius 2 is 1.64 bits per heavy atom. The first-order valence-corrected chi connectivity index (χ1v) is 11.2. The zero-order valence-electron chi connectivity index (χ0n) is 14.0. The number of carbonyl (C=O) groups is 1. The molecular weight excluding hydrogens is 534 g/mol. The number of anilines is 1. The molecule has 5 nitrogen and oxygen atoms in total. The van der Waals surface area contributed by atoms with Crippen LogP contribution in [0, 0.1) is 0 Å². The van der Waals surface area contributed by atoms with Crippen LogP contribution in [0.2, 0.25) is 5.02 Å². The summed E-state index contributed by atoms with van der Waals surface area (Å²) in [6.07, 6.45) is 0. The van der Waals surface area contributed by atoms with Crippen LogP contribution in [0.5, 0.6) is 5.75 Å². The van der Waals surface area contributed by atoms with Crippen LogP contribution in [0.25, 0.3) is 0 Å². The topological polar surface area (TPSA) is 83.5 Å². The molecule has 0 heterocycles. The lowest BCUT2D eigenvalue weighted by Crippen LogP contribution is -2.13.